The highest BCUT2D eigenvalue weighted by atomic mass is 35.5. The average Bonchev–Trinajstić information content (AvgIpc) is 2.66. The Bertz CT molecular complexity index is 819. The summed E-state index contributed by atoms with van der Waals surface area (Å²) in [4.78, 5) is 26.8. The number of piperidine rings is 1. The molecule has 0 spiro atoms. The van der Waals surface area contributed by atoms with E-state index in [1.165, 1.54) is 12.1 Å². The summed E-state index contributed by atoms with van der Waals surface area (Å²) in [6, 6.07) is 12.2. The number of hydrogen-bond donors (Lipinski definition) is 1. The molecule has 1 N–H and O–H groups in total. The molecule has 1 aliphatic heterocycles. The molecule has 1 fully saturated rings. The van der Waals surface area contributed by atoms with E-state index >= 15 is 0 Å². The van der Waals surface area contributed by atoms with Crippen LogP contribution in [-0.4, -0.2) is 29.8 Å². The second-order valence-corrected chi connectivity index (χ2v) is 7.39. The predicted molar refractivity (Wildman–Crippen MR) is 105 cm³/mol. The summed E-state index contributed by atoms with van der Waals surface area (Å²) in [5.41, 5.74) is 1.10. The number of likely N-dealkylation sites (tertiary alicyclic amines) is 1. The molecule has 2 amide bonds. The monoisotopic (exact) mass is 410 g/mol. The quantitative estimate of drug-likeness (QED) is 0.711. The number of hydrogen-bond acceptors (Lipinski definition) is 2. The maximum atomic E-state index is 12.5. The third kappa shape index (κ3) is 4.32. The maximum Gasteiger partial charge on any atom is 0.253 e. The van der Waals surface area contributed by atoms with Gasteiger partial charge in [0.05, 0.1) is 20.8 Å². The van der Waals surface area contributed by atoms with E-state index in [4.69, 9.17) is 34.8 Å². The molecule has 4 nitrogen and oxygen atoms in total. The van der Waals surface area contributed by atoms with Crippen molar-refractivity contribution in [3.63, 3.8) is 0 Å². The molecule has 3 rings (SSSR count). The summed E-state index contributed by atoms with van der Waals surface area (Å²) in [5, 5.41) is 3.81. The minimum atomic E-state index is -0.180. The van der Waals surface area contributed by atoms with Crippen LogP contribution >= 0.6 is 34.8 Å². The van der Waals surface area contributed by atoms with Gasteiger partial charge in [0.1, 0.15) is 0 Å². The summed E-state index contributed by atoms with van der Waals surface area (Å²) in [6.45, 7) is 1.09. The molecule has 7 heteroatoms. The smallest absolute Gasteiger partial charge is 0.253 e. The number of anilines is 1. The summed E-state index contributed by atoms with van der Waals surface area (Å²) < 4.78 is 0. The Morgan fingerprint density at radius 3 is 2.19 bits per heavy atom. The molecule has 0 bridgehead atoms. The number of halogens is 3. The summed E-state index contributed by atoms with van der Waals surface area (Å²) in [6.07, 6.45) is 1.20. The topological polar surface area (TPSA) is 49.4 Å². The standard InChI is InChI=1S/C19H17Cl3N2O2/c20-14-10-16(22)17(11-15(14)21)23-18(25)12-6-8-24(9-7-12)19(26)13-4-2-1-3-5-13/h1-5,10-12H,6-9H2,(H,23,25). The third-order valence-corrected chi connectivity index (χ3v) is 5.48. The van der Waals surface area contributed by atoms with E-state index in [1.54, 1.807) is 17.0 Å². The van der Waals surface area contributed by atoms with Crippen molar-refractivity contribution >= 4 is 52.3 Å². The van der Waals surface area contributed by atoms with E-state index in [2.05, 4.69) is 5.32 Å². The zero-order valence-corrected chi connectivity index (χ0v) is 16.1. The van der Waals surface area contributed by atoms with Crippen LogP contribution < -0.4 is 5.32 Å². The first-order valence-electron chi connectivity index (χ1n) is 8.25. The zero-order valence-electron chi connectivity index (χ0n) is 13.8. The molecule has 0 unspecified atom stereocenters. The highest BCUT2D eigenvalue weighted by Crippen LogP contribution is 2.33. The first kappa shape index (κ1) is 19.0. The number of benzene rings is 2. The lowest BCUT2D eigenvalue weighted by Crippen LogP contribution is -2.41. The van der Waals surface area contributed by atoms with Crippen molar-refractivity contribution in [2.75, 3.05) is 18.4 Å². The van der Waals surface area contributed by atoms with Crippen molar-refractivity contribution in [2.45, 2.75) is 12.8 Å². The Hall–Kier alpha value is -1.75. The van der Waals surface area contributed by atoms with Crippen LogP contribution in [0.5, 0.6) is 0 Å². The molecule has 0 atom stereocenters. The molecule has 1 heterocycles. The summed E-state index contributed by atoms with van der Waals surface area (Å²) in [7, 11) is 0. The van der Waals surface area contributed by atoms with Gasteiger partial charge >= 0.3 is 0 Å². The fraction of sp³-hybridized carbons (Fsp3) is 0.263. The van der Waals surface area contributed by atoms with Crippen molar-refractivity contribution in [1.82, 2.24) is 4.90 Å². The van der Waals surface area contributed by atoms with Gasteiger partial charge in [-0.2, -0.15) is 0 Å². The Balaban J connectivity index is 1.59. The third-order valence-electron chi connectivity index (χ3n) is 4.44. The Morgan fingerprint density at radius 1 is 0.923 bits per heavy atom. The number of nitrogens with one attached hydrogen (secondary N) is 1. The molecule has 1 saturated heterocycles. The van der Waals surface area contributed by atoms with Crippen LogP contribution in [0, 0.1) is 5.92 Å². The van der Waals surface area contributed by atoms with Gasteiger partial charge in [-0.25, -0.2) is 0 Å². The van der Waals surface area contributed by atoms with Crippen LogP contribution in [0.15, 0.2) is 42.5 Å². The van der Waals surface area contributed by atoms with Gasteiger partial charge in [-0.05, 0) is 37.1 Å². The fourth-order valence-corrected chi connectivity index (χ4v) is 3.56. The van der Waals surface area contributed by atoms with Crippen LogP contribution in [0.2, 0.25) is 15.1 Å². The van der Waals surface area contributed by atoms with Gasteiger partial charge in [-0.15, -0.1) is 0 Å². The van der Waals surface area contributed by atoms with Crippen molar-refractivity contribution in [2.24, 2.45) is 5.92 Å². The number of carbonyl (C=O) groups excluding carboxylic acids is 2. The number of carbonyl (C=O) groups is 2. The predicted octanol–water partition coefficient (Wildman–Crippen LogP) is 5.14. The average molecular weight is 412 g/mol. The van der Waals surface area contributed by atoms with Crippen molar-refractivity contribution in [3.8, 4) is 0 Å². The molecule has 0 aliphatic carbocycles. The molecule has 1 aliphatic rings. The van der Waals surface area contributed by atoms with Gasteiger partial charge in [0, 0.05) is 24.6 Å². The van der Waals surface area contributed by atoms with Crippen molar-refractivity contribution in [3.05, 3.63) is 63.1 Å². The Kier molecular flexibility index (Phi) is 6.07. The van der Waals surface area contributed by atoms with E-state index in [1.807, 2.05) is 18.2 Å². The van der Waals surface area contributed by atoms with Crippen LogP contribution in [0.1, 0.15) is 23.2 Å². The van der Waals surface area contributed by atoms with Gasteiger partial charge in [0.2, 0.25) is 5.91 Å². The minimum absolute atomic E-state index is 0.00279. The lowest BCUT2D eigenvalue weighted by Gasteiger charge is -2.31. The normalized spacial score (nSPS) is 15.0. The zero-order chi connectivity index (χ0) is 18.7. The Labute approximate surface area is 167 Å². The highest BCUT2D eigenvalue weighted by molar-refractivity contribution is 6.44. The lowest BCUT2D eigenvalue weighted by atomic mass is 9.95. The summed E-state index contributed by atoms with van der Waals surface area (Å²) in [5.74, 6) is -0.311. The lowest BCUT2D eigenvalue weighted by molar-refractivity contribution is -0.121. The highest BCUT2D eigenvalue weighted by Gasteiger charge is 2.28. The Morgan fingerprint density at radius 2 is 1.54 bits per heavy atom. The molecule has 0 saturated carbocycles. The second kappa shape index (κ2) is 8.30. The molecule has 2 aromatic carbocycles. The van der Waals surface area contributed by atoms with Gasteiger partial charge < -0.3 is 10.2 Å². The molecular formula is C19H17Cl3N2O2. The molecular weight excluding hydrogens is 395 g/mol. The van der Waals surface area contributed by atoms with E-state index in [0.29, 0.717) is 52.2 Å². The molecule has 0 radical (unpaired) electrons. The molecule has 26 heavy (non-hydrogen) atoms. The van der Waals surface area contributed by atoms with E-state index in [9.17, 15) is 9.59 Å². The first-order valence-corrected chi connectivity index (χ1v) is 9.39. The largest absolute Gasteiger partial charge is 0.339 e. The van der Waals surface area contributed by atoms with Crippen molar-refractivity contribution in [1.29, 1.82) is 0 Å². The van der Waals surface area contributed by atoms with Crippen LogP contribution in [0.3, 0.4) is 0 Å². The minimum Gasteiger partial charge on any atom is -0.339 e. The number of rotatable bonds is 3. The van der Waals surface area contributed by atoms with E-state index in [0.717, 1.165) is 0 Å². The van der Waals surface area contributed by atoms with Crippen LogP contribution in [0.25, 0.3) is 0 Å². The van der Waals surface area contributed by atoms with Gasteiger partial charge in [0.25, 0.3) is 5.91 Å². The van der Waals surface area contributed by atoms with Gasteiger partial charge in [0.15, 0.2) is 0 Å². The maximum absolute atomic E-state index is 12.5. The first-order chi connectivity index (χ1) is 12.5. The SMILES string of the molecule is O=C(Nc1cc(Cl)c(Cl)cc1Cl)C1CCN(C(=O)c2ccccc2)CC1. The summed E-state index contributed by atoms with van der Waals surface area (Å²) >= 11 is 18.0. The van der Waals surface area contributed by atoms with E-state index < -0.39 is 0 Å². The molecule has 136 valence electrons. The number of nitrogens with zero attached hydrogens (tertiary/aromatic N) is 1. The second-order valence-electron chi connectivity index (χ2n) is 6.17. The van der Waals surface area contributed by atoms with Crippen molar-refractivity contribution < 1.29 is 9.59 Å². The number of amides is 2. The molecule has 0 aromatic heterocycles. The molecule has 2 aromatic rings. The van der Waals surface area contributed by atoms with E-state index in [-0.39, 0.29) is 17.7 Å². The van der Waals surface area contributed by atoms with Gasteiger partial charge in [-0.1, -0.05) is 53.0 Å². The van der Waals surface area contributed by atoms with Crippen LogP contribution in [0.4, 0.5) is 5.69 Å². The van der Waals surface area contributed by atoms with Gasteiger partial charge in [-0.3, -0.25) is 9.59 Å². The van der Waals surface area contributed by atoms with Crippen LogP contribution in [-0.2, 0) is 4.79 Å². The fourth-order valence-electron chi connectivity index (χ4n) is 2.96.